The summed E-state index contributed by atoms with van der Waals surface area (Å²) in [6.45, 7) is 0. The first-order valence-electron chi connectivity index (χ1n) is 3.97. The van der Waals surface area contributed by atoms with E-state index in [1.54, 1.807) is 12.4 Å². The van der Waals surface area contributed by atoms with Crippen LogP contribution in [0.1, 0.15) is 0 Å². The predicted octanol–water partition coefficient (Wildman–Crippen LogP) is 1.51. The number of hydrogen-bond donors (Lipinski definition) is 1. The van der Waals surface area contributed by atoms with Crippen LogP contribution in [0.25, 0.3) is 21.9 Å². The van der Waals surface area contributed by atoms with Gasteiger partial charge in [0, 0.05) is 23.2 Å². The van der Waals surface area contributed by atoms with E-state index in [2.05, 4.69) is 19.9 Å². The molecule has 3 rings (SSSR count). The van der Waals surface area contributed by atoms with Crippen LogP contribution in [0.2, 0.25) is 0 Å². The number of nitrogens with one attached hydrogen (secondary N) is 1. The molecular formula is C9H6N4. The lowest BCUT2D eigenvalue weighted by molar-refractivity contribution is 1.21. The molecule has 0 radical (unpaired) electrons. The van der Waals surface area contributed by atoms with E-state index in [0.29, 0.717) is 0 Å². The van der Waals surface area contributed by atoms with Crippen LogP contribution in [0.5, 0.6) is 0 Å². The number of rotatable bonds is 0. The van der Waals surface area contributed by atoms with E-state index in [4.69, 9.17) is 0 Å². The van der Waals surface area contributed by atoms with E-state index in [9.17, 15) is 0 Å². The van der Waals surface area contributed by atoms with Crippen molar-refractivity contribution in [1.82, 2.24) is 19.9 Å². The van der Waals surface area contributed by atoms with Crippen molar-refractivity contribution in [2.75, 3.05) is 0 Å². The van der Waals surface area contributed by atoms with Crippen LogP contribution >= 0.6 is 0 Å². The molecule has 0 spiro atoms. The highest BCUT2D eigenvalue weighted by Gasteiger charge is 2.01. The summed E-state index contributed by atoms with van der Waals surface area (Å²) < 4.78 is 0. The van der Waals surface area contributed by atoms with Gasteiger partial charge in [0.25, 0.3) is 0 Å². The fourth-order valence-corrected chi connectivity index (χ4v) is 1.46. The molecule has 3 heterocycles. The standard InChI is InChI=1S/C9H6N4/c1-2-11-9-6(1)7-3-10-5-13-8(7)4-12-9/h1-5H,(H,11,12). The van der Waals surface area contributed by atoms with Gasteiger partial charge in [0.1, 0.15) is 12.0 Å². The second-order valence-corrected chi connectivity index (χ2v) is 2.82. The van der Waals surface area contributed by atoms with E-state index in [1.165, 1.54) is 6.33 Å². The van der Waals surface area contributed by atoms with Crippen LogP contribution in [-0.2, 0) is 0 Å². The van der Waals surface area contributed by atoms with Crippen LogP contribution in [0, 0.1) is 0 Å². The van der Waals surface area contributed by atoms with Crippen LogP contribution < -0.4 is 0 Å². The molecule has 0 amide bonds. The lowest BCUT2D eigenvalue weighted by Gasteiger charge is -1.95. The van der Waals surface area contributed by atoms with Crippen LogP contribution in [0.4, 0.5) is 0 Å². The molecule has 1 N–H and O–H groups in total. The Labute approximate surface area is 73.7 Å². The quantitative estimate of drug-likeness (QED) is 0.556. The Morgan fingerprint density at radius 2 is 2.08 bits per heavy atom. The first-order valence-corrected chi connectivity index (χ1v) is 3.97. The second kappa shape index (κ2) is 2.26. The fraction of sp³-hybridized carbons (Fsp3) is 0. The first kappa shape index (κ1) is 6.54. The highest BCUT2D eigenvalue weighted by Crippen LogP contribution is 2.19. The van der Waals surface area contributed by atoms with E-state index < -0.39 is 0 Å². The highest BCUT2D eigenvalue weighted by molar-refractivity contribution is 6.02. The summed E-state index contributed by atoms with van der Waals surface area (Å²) >= 11 is 0. The van der Waals surface area contributed by atoms with Gasteiger partial charge in [-0.15, -0.1) is 0 Å². The SMILES string of the molecule is c1ncc2c(cnc3[nH]ccc32)n1. The third kappa shape index (κ3) is 0.823. The van der Waals surface area contributed by atoms with Gasteiger partial charge >= 0.3 is 0 Å². The predicted molar refractivity (Wildman–Crippen MR) is 49.2 cm³/mol. The van der Waals surface area contributed by atoms with Crippen molar-refractivity contribution < 1.29 is 0 Å². The Kier molecular flexibility index (Phi) is 1.14. The zero-order valence-corrected chi connectivity index (χ0v) is 6.73. The van der Waals surface area contributed by atoms with Crippen molar-refractivity contribution in [1.29, 1.82) is 0 Å². The van der Waals surface area contributed by atoms with Gasteiger partial charge in [-0.05, 0) is 6.07 Å². The minimum Gasteiger partial charge on any atom is -0.346 e. The molecule has 0 atom stereocenters. The molecule has 0 saturated heterocycles. The molecule has 4 nitrogen and oxygen atoms in total. The van der Waals surface area contributed by atoms with Crippen molar-refractivity contribution in [3.8, 4) is 0 Å². The Bertz CT molecular complexity index is 570. The molecule has 0 aliphatic rings. The molecule has 0 unspecified atom stereocenters. The summed E-state index contributed by atoms with van der Waals surface area (Å²) in [5.74, 6) is 0. The monoisotopic (exact) mass is 170 g/mol. The normalized spacial score (nSPS) is 11.1. The van der Waals surface area contributed by atoms with Gasteiger partial charge in [-0.2, -0.15) is 0 Å². The van der Waals surface area contributed by atoms with Gasteiger partial charge in [0.15, 0.2) is 0 Å². The zero-order chi connectivity index (χ0) is 8.67. The van der Waals surface area contributed by atoms with Crippen LogP contribution in [-0.4, -0.2) is 19.9 Å². The number of H-pyrrole nitrogens is 1. The second-order valence-electron chi connectivity index (χ2n) is 2.82. The Balaban J connectivity index is 2.65. The topological polar surface area (TPSA) is 54.5 Å². The van der Waals surface area contributed by atoms with E-state index >= 15 is 0 Å². The van der Waals surface area contributed by atoms with E-state index in [0.717, 1.165) is 21.9 Å². The smallest absolute Gasteiger partial charge is 0.138 e. The van der Waals surface area contributed by atoms with Gasteiger partial charge in [0.05, 0.1) is 11.7 Å². The lowest BCUT2D eigenvalue weighted by atomic mass is 10.2. The maximum atomic E-state index is 4.22. The lowest BCUT2D eigenvalue weighted by Crippen LogP contribution is -1.83. The van der Waals surface area contributed by atoms with Crippen molar-refractivity contribution in [2.45, 2.75) is 0 Å². The number of aromatic nitrogens is 4. The first-order chi connectivity index (χ1) is 6.45. The Morgan fingerprint density at radius 3 is 3.08 bits per heavy atom. The molecule has 0 bridgehead atoms. The number of fused-ring (bicyclic) bond motifs is 3. The minimum atomic E-state index is 0.877. The van der Waals surface area contributed by atoms with Crippen molar-refractivity contribution in [2.24, 2.45) is 0 Å². The summed E-state index contributed by atoms with van der Waals surface area (Å²) in [7, 11) is 0. The van der Waals surface area contributed by atoms with Gasteiger partial charge < -0.3 is 4.98 Å². The van der Waals surface area contributed by atoms with Crippen LogP contribution in [0.3, 0.4) is 0 Å². The molecule has 0 aliphatic heterocycles. The van der Waals surface area contributed by atoms with E-state index in [1.807, 2.05) is 12.3 Å². The average Bonchev–Trinajstić information content (AvgIpc) is 2.65. The van der Waals surface area contributed by atoms with Crippen molar-refractivity contribution in [3.05, 3.63) is 31.0 Å². The summed E-state index contributed by atoms with van der Waals surface area (Å²) in [4.78, 5) is 15.4. The number of pyridine rings is 1. The van der Waals surface area contributed by atoms with Gasteiger partial charge in [0.2, 0.25) is 0 Å². The maximum absolute atomic E-state index is 4.22. The Hall–Kier alpha value is -1.97. The summed E-state index contributed by atoms with van der Waals surface area (Å²) in [5.41, 5.74) is 1.75. The number of hydrogen-bond acceptors (Lipinski definition) is 3. The molecule has 3 aromatic rings. The molecule has 62 valence electrons. The van der Waals surface area contributed by atoms with Crippen molar-refractivity contribution in [3.63, 3.8) is 0 Å². The average molecular weight is 170 g/mol. The molecular weight excluding hydrogens is 164 g/mol. The molecule has 0 fully saturated rings. The fourth-order valence-electron chi connectivity index (χ4n) is 1.46. The minimum absolute atomic E-state index is 0.877. The van der Waals surface area contributed by atoms with Crippen LogP contribution in [0.15, 0.2) is 31.0 Å². The molecule has 0 aliphatic carbocycles. The highest BCUT2D eigenvalue weighted by atomic mass is 14.9. The number of nitrogens with zero attached hydrogens (tertiary/aromatic N) is 3. The van der Waals surface area contributed by atoms with Gasteiger partial charge in [-0.1, -0.05) is 0 Å². The third-order valence-electron chi connectivity index (χ3n) is 2.07. The summed E-state index contributed by atoms with van der Waals surface area (Å²) in [5, 5.41) is 2.10. The van der Waals surface area contributed by atoms with Gasteiger partial charge in [-0.25, -0.2) is 15.0 Å². The molecule has 3 aromatic heterocycles. The Morgan fingerprint density at radius 1 is 1.08 bits per heavy atom. The number of aromatic amines is 1. The van der Waals surface area contributed by atoms with Gasteiger partial charge in [-0.3, -0.25) is 0 Å². The zero-order valence-electron chi connectivity index (χ0n) is 6.73. The maximum Gasteiger partial charge on any atom is 0.138 e. The van der Waals surface area contributed by atoms with Crippen molar-refractivity contribution >= 4 is 21.9 Å². The molecule has 4 heteroatoms. The summed E-state index contributed by atoms with van der Waals surface area (Å²) in [6, 6.07) is 1.98. The molecule has 0 saturated carbocycles. The summed E-state index contributed by atoms with van der Waals surface area (Å²) in [6.07, 6.45) is 6.95. The molecule has 13 heavy (non-hydrogen) atoms. The largest absolute Gasteiger partial charge is 0.346 e. The molecule has 0 aromatic carbocycles. The third-order valence-corrected chi connectivity index (χ3v) is 2.07. The van der Waals surface area contributed by atoms with E-state index in [-0.39, 0.29) is 0 Å².